The molecule has 0 spiro atoms. The van der Waals surface area contributed by atoms with Crippen molar-refractivity contribution in [1.29, 1.82) is 0 Å². The lowest BCUT2D eigenvalue weighted by atomic mass is 10.1. The van der Waals surface area contributed by atoms with Gasteiger partial charge in [0.25, 0.3) is 0 Å². The Morgan fingerprint density at radius 2 is 2.33 bits per heavy atom. The number of nitrogens with one attached hydrogen (secondary N) is 1. The Balaban J connectivity index is 1.74. The van der Waals surface area contributed by atoms with Gasteiger partial charge in [-0.05, 0) is 37.0 Å². The molecule has 1 heterocycles. The van der Waals surface area contributed by atoms with E-state index in [1.54, 1.807) is 0 Å². The van der Waals surface area contributed by atoms with Crippen LogP contribution in [0.5, 0.6) is 0 Å². The standard InChI is InChI=1S/C14H20N2O2/c15-12-5-3-4-11(8-12)10-16-14(17)9-13-6-1-2-7-18-13/h3-5,8,13H,1-2,6-7,9-10,15H2,(H,16,17). The van der Waals surface area contributed by atoms with Gasteiger partial charge in [-0.1, -0.05) is 12.1 Å². The highest BCUT2D eigenvalue weighted by Gasteiger charge is 2.17. The second kappa shape index (κ2) is 6.40. The quantitative estimate of drug-likeness (QED) is 0.799. The van der Waals surface area contributed by atoms with Gasteiger partial charge in [-0.25, -0.2) is 0 Å². The molecule has 1 aliphatic heterocycles. The van der Waals surface area contributed by atoms with Crippen LogP contribution in [0.1, 0.15) is 31.2 Å². The Bertz CT molecular complexity index is 401. The second-order valence-electron chi connectivity index (χ2n) is 4.71. The highest BCUT2D eigenvalue weighted by atomic mass is 16.5. The molecule has 1 saturated heterocycles. The van der Waals surface area contributed by atoms with Crippen LogP contribution in [0.4, 0.5) is 5.69 Å². The summed E-state index contributed by atoms with van der Waals surface area (Å²) < 4.78 is 5.54. The summed E-state index contributed by atoms with van der Waals surface area (Å²) in [6.07, 6.45) is 3.82. The van der Waals surface area contributed by atoms with E-state index in [9.17, 15) is 4.79 Å². The van der Waals surface area contributed by atoms with E-state index in [1.165, 1.54) is 0 Å². The van der Waals surface area contributed by atoms with Crippen LogP contribution in [0.15, 0.2) is 24.3 Å². The topological polar surface area (TPSA) is 64.3 Å². The monoisotopic (exact) mass is 248 g/mol. The van der Waals surface area contributed by atoms with Gasteiger partial charge in [-0.3, -0.25) is 4.79 Å². The molecular formula is C14H20N2O2. The number of carbonyl (C=O) groups is 1. The fourth-order valence-corrected chi connectivity index (χ4v) is 2.15. The van der Waals surface area contributed by atoms with Crippen LogP contribution in [0.2, 0.25) is 0 Å². The molecule has 0 bridgehead atoms. The van der Waals surface area contributed by atoms with Crippen molar-refractivity contribution in [2.75, 3.05) is 12.3 Å². The third-order valence-electron chi connectivity index (χ3n) is 3.13. The summed E-state index contributed by atoms with van der Waals surface area (Å²) in [4.78, 5) is 11.7. The number of ether oxygens (including phenoxy) is 1. The summed E-state index contributed by atoms with van der Waals surface area (Å²) in [6, 6.07) is 7.55. The molecule has 1 aliphatic rings. The predicted octanol–water partition coefficient (Wildman–Crippen LogP) is 1.84. The third-order valence-corrected chi connectivity index (χ3v) is 3.13. The molecule has 1 aromatic carbocycles. The summed E-state index contributed by atoms with van der Waals surface area (Å²) in [5.41, 5.74) is 7.42. The minimum atomic E-state index is 0.0457. The molecule has 1 amide bonds. The Kier molecular flexibility index (Phi) is 4.59. The van der Waals surface area contributed by atoms with E-state index in [2.05, 4.69) is 5.32 Å². The van der Waals surface area contributed by atoms with Gasteiger partial charge in [0.2, 0.25) is 5.91 Å². The first-order chi connectivity index (χ1) is 8.74. The van der Waals surface area contributed by atoms with Crippen molar-refractivity contribution in [2.45, 2.75) is 38.3 Å². The molecule has 3 N–H and O–H groups in total. The minimum absolute atomic E-state index is 0.0457. The third kappa shape index (κ3) is 4.04. The maximum Gasteiger partial charge on any atom is 0.222 e. The first kappa shape index (κ1) is 12.9. The highest BCUT2D eigenvalue weighted by molar-refractivity contribution is 5.76. The zero-order valence-electron chi connectivity index (χ0n) is 10.5. The molecule has 1 fully saturated rings. The second-order valence-corrected chi connectivity index (χ2v) is 4.71. The number of rotatable bonds is 4. The summed E-state index contributed by atoms with van der Waals surface area (Å²) in [5.74, 6) is 0.0457. The first-order valence-corrected chi connectivity index (χ1v) is 6.47. The van der Waals surface area contributed by atoms with Gasteiger partial charge < -0.3 is 15.8 Å². The minimum Gasteiger partial charge on any atom is -0.399 e. The van der Waals surface area contributed by atoms with Gasteiger partial charge in [0, 0.05) is 18.8 Å². The average molecular weight is 248 g/mol. The van der Waals surface area contributed by atoms with Crippen LogP contribution in [0, 0.1) is 0 Å². The average Bonchev–Trinajstić information content (AvgIpc) is 2.38. The molecule has 0 saturated carbocycles. The molecular weight excluding hydrogens is 228 g/mol. The van der Waals surface area contributed by atoms with Crippen LogP contribution in [0.25, 0.3) is 0 Å². The molecule has 1 aromatic rings. The Morgan fingerprint density at radius 1 is 1.44 bits per heavy atom. The fraction of sp³-hybridized carbons (Fsp3) is 0.500. The van der Waals surface area contributed by atoms with Gasteiger partial charge in [-0.15, -0.1) is 0 Å². The van der Waals surface area contributed by atoms with Crippen molar-refractivity contribution >= 4 is 11.6 Å². The first-order valence-electron chi connectivity index (χ1n) is 6.47. The van der Waals surface area contributed by atoms with E-state index in [0.29, 0.717) is 13.0 Å². The largest absolute Gasteiger partial charge is 0.399 e. The Hall–Kier alpha value is -1.55. The normalized spacial score (nSPS) is 19.4. The van der Waals surface area contributed by atoms with Crippen molar-refractivity contribution in [3.05, 3.63) is 29.8 Å². The van der Waals surface area contributed by atoms with E-state index < -0.39 is 0 Å². The maximum absolute atomic E-state index is 11.7. The lowest BCUT2D eigenvalue weighted by Crippen LogP contribution is -2.30. The van der Waals surface area contributed by atoms with E-state index in [-0.39, 0.29) is 12.0 Å². The Labute approximate surface area is 108 Å². The van der Waals surface area contributed by atoms with Gasteiger partial charge in [-0.2, -0.15) is 0 Å². The zero-order valence-corrected chi connectivity index (χ0v) is 10.5. The van der Waals surface area contributed by atoms with Crippen LogP contribution in [-0.4, -0.2) is 18.6 Å². The molecule has 1 unspecified atom stereocenters. The smallest absolute Gasteiger partial charge is 0.222 e. The number of benzene rings is 1. The van der Waals surface area contributed by atoms with Crippen LogP contribution >= 0.6 is 0 Å². The molecule has 18 heavy (non-hydrogen) atoms. The highest BCUT2D eigenvalue weighted by Crippen LogP contribution is 2.15. The number of nitrogens with two attached hydrogens (primary N) is 1. The predicted molar refractivity (Wildman–Crippen MR) is 70.9 cm³/mol. The van der Waals surface area contributed by atoms with Crippen molar-refractivity contribution in [1.82, 2.24) is 5.32 Å². The number of hydrogen-bond donors (Lipinski definition) is 2. The van der Waals surface area contributed by atoms with Crippen molar-refractivity contribution in [3.63, 3.8) is 0 Å². The molecule has 4 nitrogen and oxygen atoms in total. The summed E-state index contributed by atoms with van der Waals surface area (Å²) in [7, 11) is 0. The molecule has 0 aromatic heterocycles. The zero-order chi connectivity index (χ0) is 12.8. The van der Waals surface area contributed by atoms with Crippen LogP contribution in [0.3, 0.4) is 0 Å². The van der Waals surface area contributed by atoms with Gasteiger partial charge in [0.05, 0.1) is 12.5 Å². The number of hydrogen-bond acceptors (Lipinski definition) is 3. The van der Waals surface area contributed by atoms with Crippen molar-refractivity contribution < 1.29 is 9.53 Å². The van der Waals surface area contributed by atoms with E-state index >= 15 is 0 Å². The van der Waals surface area contributed by atoms with Crippen molar-refractivity contribution in [3.8, 4) is 0 Å². The number of nitrogen functional groups attached to an aromatic ring is 1. The van der Waals surface area contributed by atoms with Gasteiger partial charge in [0.1, 0.15) is 0 Å². The Morgan fingerprint density at radius 3 is 3.06 bits per heavy atom. The van der Waals surface area contributed by atoms with E-state index in [4.69, 9.17) is 10.5 Å². The number of carbonyl (C=O) groups excluding carboxylic acids is 1. The lowest BCUT2D eigenvalue weighted by Gasteiger charge is -2.21. The molecule has 98 valence electrons. The number of amides is 1. The summed E-state index contributed by atoms with van der Waals surface area (Å²) in [6.45, 7) is 1.31. The molecule has 1 atom stereocenters. The van der Waals surface area contributed by atoms with Crippen LogP contribution < -0.4 is 11.1 Å². The summed E-state index contributed by atoms with van der Waals surface area (Å²) in [5, 5.41) is 2.90. The van der Waals surface area contributed by atoms with E-state index in [1.807, 2.05) is 24.3 Å². The molecule has 4 heteroatoms. The number of anilines is 1. The van der Waals surface area contributed by atoms with Crippen molar-refractivity contribution in [2.24, 2.45) is 0 Å². The maximum atomic E-state index is 11.7. The van der Waals surface area contributed by atoms with E-state index in [0.717, 1.165) is 37.1 Å². The van der Waals surface area contributed by atoms with Gasteiger partial charge >= 0.3 is 0 Å². The fourth-order valence-electron chi connectivity index (χ4n) is 2.15. The van der Waals surface area contributed by atoms with Gasteiger partial charge in [0.15, 0.2) is 0 Å². The molecule has 0 aliphatic carbocycles. The molecule has 0 radical (unpaired) electrons. The summed E-state index contributed by atoms with van der Waals surface area (Å²) >= 11 is 0. The molecule has 2 rings (SSSR count). The lowest BCUT2D eigenvalue weighted by molar-refractivity contribution is -0.125. The van der Waals surface area contributed by atoms with Crippen LogP contribution in [-0.2, 0) is 16.1 Å². The SMILES string of the molecule is Nc1cccc(CNC(=O)CC2CCCCO2)c1.